The van der Waals surface area contributed by atoms with Crippen LogP contribution < -0.4 is 5.32 Å². The molecule has 0 fully saturated rings. The van der Waals surface area contributed by atoms with Crippen LogP contribution in [0.15, 0.2) is 36.4 Å². The average molecular weight is 362 g/mol. The van der Waals surface area contributed by atoms with Gasteiger partial charge in [0.15, 0.2) is 10.3 Å². The molecule has 0 amide bonds. The molecule has 0 aliphatic rings. The Bertz CT molecular complexity index is 1060. The minimum Gasteiger partial charge on any atom is -0.478 e. The smallest absolute Gasteiger partial charge is 0.335 e. The van der Waals surface area contributed by atoms with E-state index < -0.39 is 5.97 Å². The number of hydrogen-bond acceptors (Lipinski definition) is 6. The van der Waals surface area contributed by atoms with Gasteiger partial charge in [-0.15, -0.1) is 0 Å². The lowest BCUT2D eigenvalue weighted by Gasteiger charge is -1.93. The summed E-state index contributed by atoms with van der Waals surface area (Å²) >= 11 is 8.92. The molecule has 5 nitrogen and oxygen atoms in total. The Morgan fingerprint density at radius 2 is 1.74 bits per heavy atom. The van der Waals surface area contributed by atoms with Gasteiger partial charge in [0.05, 0.1) is 26.0 Å². The lowest BCUT2D eigenvalue weighted by molar-refractivity contribution is 0.0697. The van der Waals surface area contributed by atoms with Gasteiger partial charge >= 0.3 is 5.97 Å². The molecule has 114 valence electrons. The lowest BCUT2D eigenvalue weighted by Crippen LogP contribution is -1.94. The summed E-state index contributed by atoms with van der Waals surface area (Å²) in [4.78, 5) is 19.9. The van der Waals surface area contributed by atoms with Crippen molar-refractivity contribution < 1.29 is 9.90 Å². The molecule has 0 unspecified atom stereocenters. The van der Waals surface area contributed by atoms with Crippen molar-refractivity contribution in [2.24, 2.45) is 0 Å². The van der Waals surface area contributed by atoms with E-state index in [1.807, 2.05) is 12.1 Å². The number of rotatable bonds is 3. The monoisotopic (exact) mass is 361 g/mol. The van der Waals surface area contributed by atoms with Crippen LogP contribution in [-0.2, 0) is 0 Å². The fourth-order valence-electron chi connectivity index (χ4n) is 2.16. The van der Waals surface area contributed by atoms with E-state index in [1.165, 1.54) is 22.7 Å². The number of carboxylic acid groups (broad SMARTS) is 1. The second-order valence-corrected chi connectivity index (χ2v) is 7.26. The van der Waals surface area contributed by atoms with Crippen molar-refractivity contribution in [1.29, 1.82) is 0 Å². The van der Waals surface area contributed by atoms with Crippen LogP contribution in [0.3, 0.4) is 0 Å². The molecule has 2 aromatic carbocycles. The quantitative estimate of drug-likeness (QED) is 0.537. The van der Waals surface area contributed by atoms with Crippen LogP contribution >= 0.6 is 34.3 Å². The van der Waals surface area contributed by atoms with Gasteiger partial charge in [-0.3, -0.25) is 0 Å². The third-order valence-corrected chi connectivity index (χ3v) is 5.32. The van der Waals surface area contributed by atoms with Crippen molar-refractivity contribution in [3.8, 4) is 0 Å². The Morgan fingerprint density at radius 1 is 1.00 bits per heavy atom. The lowest BCUT2D eigenvalue weighted by atomic mass is 10.2. The molecule has 4 rings (SSSR count). The van der Waals surface area contributed by atoms with Gasteiger partial charge in [0.2, 0.25) is 0 Å². The molecule has 0 saturated carbocycles. The molecule has 0 radical (unpaired) electrons. The normalized spacial score (nSPS) is 11.2. The third kappa shape index (κ3) is 2.74. The van der Waals surface area contributed by atoms with Gasteiger partial charge in [0, 0.05) is 5.02 Å². The summed E-state index contributed by atoms with van der Waals surface area (Å²) in [5.41, 5.74) is 1.75. The molecule has 23 heavy (non-hydrogen) atoms. The molecule has 2 aromatic heterocycles. The number of aromatic nitrogens is 2. The van der Waals surface area contributed by atoms with Crippen LogP contribution in [0.25, 0.3) is 20.4 Å². The maximum absolute atomic E-state index is 11.0. The Kier molecular flexibility index (Phi) is 3.41. The number of fused-ring (bicyclic) bond motifs is 2. The van der Waals surface area contributed by atoms with Crippen LogP contribution in [0.4, 0.5) is 10.3 Å². The second-order valence-electron chi connectivity index (χ2n) is 4.76. The first-order valence-electron chi connectivity index (χ1n) is 6.55. The van der Waals surface area contributed by atoms with Gasteiger partial charge in [-0.2, -0.15) is 0 Å². The molecule has 2 heterocycles. The number of nitrogens with zero attached hydrogens (tertiary/aromatic N) is 2. The van der Waals surface area contributed by atoms with Crippen molar-refractivity contribution in [2.75, 3.05) is 5.32 Å². The number of anilines is 2. The maximum Gasteiger partial charge on any atom is 0.335 e. The zero-order valence-electron chi connectivity index (χ0n) is 11.4. The maximum atomic E-state index is 11.0. The average Bonchev–Trinajstić information content (AvgIpc) is 3.08. The van der Waals surface area contributed by atoms with Crippen molar-refractivity contribution in [2.45, 2.75) is 0 Å². The number of benzene rings is 2. The van der Waals surface area contributed by atoms with E-state index in [9.17, 15) is 4.79 Å². The molecule has 0 spiro atoms. The van der Waals surface area contributed by atoms with Crippen LogP contribution in [0, 0.1) is 0 Å². The zero-order chi connectivity index (χ0) is 16.0. The first-order valence-corrected chi connectivity index (χ1v) is 8.56. The molecule has 4 aromatic rings. The first-order chi connectivity index (χ1) is 11.1. The highest BCUT2D eigenvalue weighted by atomic mass is 35.5. The minimum atomic E-state index is -0.961. The highest BCUT2D eigenvalue weighted by Crippen LogP contribution is 2.33. The summed E-state index contributed by atoms with van der Waals surface area (Å²) in [6.45, 7) is 0. The predicted octanol–water partition coefficient (Wildman–Crippen LogP) is 5.00. The van der Waals surface area contributed by atoms with Gasteiger partial charge in [0.1, 0.15) is 0 Å². The number of aromatic carboxylic acids is 1. The van der Waals surface area contributed by atoms with Gasteiger partial charge < -0.3 is 10.4 Å². The summed E-state index contributed by atoms with van der Waals surface area (Å²) < 4.78 is 1.91. The predicted molar refractivity (Wildman–Crippen MR) is 94.5 cm³/mol. The topological polar surface area (TPSA) is 75.1 Å². The van der Waals surface area contributed by atoms with E-state index in [1.54, 1.807) is 24.3 Å². The van der Waals surface area contributed by atoms with E-state index in [0.717, 1.165) is 20.0 Å². The summed E-state index contributed by atoms with van der Waals surface area (Å²) in [6, 6.07) is 10.5. The summed E-state index contributed by atoms with van der Waals surface area (Å²) in [7, 11) is 0. The molecule has 0 bridgehead atoms. The van der Waals surface area contributed by atoms with Crippen molar-refractivity contribution in [3.63, 3.8) is 0 Å². The van der Waals surface area contributed by atoms with E-state index >= 15 is 0 Å². The fourth-order valence-corrected chi connectivity index (χ4v) is 4.21. The van der Waals surface area contributed by atoms with Gasteiger partial charge in [0.25, 0.3) is 0 Å². The van der Waals surface area contributed by atoms with Crippen LogP contribution in [0.1, 0.15) is 10.4 Å². The van der Waals surface area contributed by atoms with Crippen molar-refractivity contribution in [1.82, 2.24) is 9.97 Å². The molecular weight excluding hydrogens is 354 g/mol. The van der Waals surface area contributed by atoms with E-state index in [0.29, 0.717) is 15.7 Å². The standard InChI is InChI=1S/C15H8ClN3O2S2/c16-8-2-3-9-12(6-8)23-14(17-9)19-15-18-10-5-7(13(20)21)1-4-11(10)22-15/h1-6H,(H,20,21)(H,17,18,19). The number of carbonyl (C=O) groups is 1. The van der Waals surface area contributed by atoms with Crippen LogP contribution in [0.5, 0.6) is 0 Å². The minimum absolute atomic E-state index is 0.226. The molecule has 8 heteroatoms. The third-order valence-electron chi connectivity index (χ3n) is 3.20. The van der Waals surface area contributed by atoms with Gasteiger partial charge in [-0.05, 0) is 36.4 Å². The van der Waals surface area contributed by atoms with E-state index in [2.05, 4.69) is 15.3 Å². The Balaban J connectivity index is 1.69. The van der Waals surface area contributed by atoms with Gasteiger partial charge in [-0.25, -0.2) is 14.8 Å². The number of carboxylic acids is 1. The van der Waals surface area contributed by atoms with E-state index in [4.69, 9.17) is 16.7 Å². The van der Waals surface area contributed by atoms with Crippen LogP contribution in [0.2, 0.25) is 5.02 Å². The largest absolute Gasteiger partial charge is 0.478 e. The van der Waals surface area contributed by atoms with Crippen LogP contribution in [-0.4, -0.2) is 21.0 Å². The van der Waals surface area contributed by atoms with E-state index in [-0.39, 0.29) is 5.56 Å². The molecule has 2 N–H and O–H groups in total. The Hall–Kier alpha value is -2.22. The number of hydrogen-bond donors (Lipinski definition) is 2. The number of nitrogens with one attached hydrogen (secondary N) is 1. The highest BCUT2D eigenvalue weighted by molar-refractivity contribution is 7.24. The number of thiazole rings is 2. The molecular formula is C15H8ClN3O2S2. The molecule has 0 atom stereocenters. The summed E-state index contributed by atoms with van der Waals surface area (Å²) in [5, 5.41) is 14.3. The zero-order valence-corrected chi connectivity index (χ0v) is 13.8. The molecule has 0 saturated heterocycles. The SMILES string of the molecule is O=C(O)c1ccc2sc(Nc3nc4ccc(Cl)cc4s3)nc2c1. The van der Waals surface area contributed by atoms with Crippen molar-refractivity contribution >= 4 is 70.9 Å². The van der Waals surface area contributed by atoms with Gasteiger partial charge in [-0.1, -0.05) is 34.3 Å². The fraction of sp³-hybridized carbons (Fsp3) is 0. The number of halogens is 1. The summed E-state index contributed by atoms with van der Waals surface area (Å²) in [6.07, 6.45) is 0. The Morgan fingerprint density at radius 3 is 2.52 bits per heavy atom. The molecule has 0 aliphatic carbocycles. The molecule has 0 aliphatic heterocycles. The van der Waals surface area contributed by atoms with Crippen molar-refractivity contribution in [3.05, 3.63) is 47.0 Å². The highest BCUT2D eigenvalue weighted by Gasteiger charge is 2.10. The second kappa shape index (κ2) is 5.45. The Labute approximate surface area is 143 Å². The first kappa shape index (κ1) is 14.4. The summed E-state index contributed by atoms with van der Waals surface area (Å²) in [5.74, 6) is -0.961.